The van der Waals surface area contributed by atoms with Gasteiger partial charge in [0.1, 0.15) is 0 Å². The van der Waals surface area contributed by atoms with Crippen LogP contribution in [0.25, 0.3) is 265 Å². The lowest BCUT2D eigenvalue weighted by Gasteiger charge is -2.14. The zero-order valence-corrected chi connectivity index (χ0v) is 77.9. The monoisotopic (exact) mass is 1840 g/mol. The molecule has 0 aliphatic rings. The Balaban J connectivity index is 0.000000108. The normalized spacial score (nSPS) is 11.8. The molecule has 0 N–H and O–H groups in total. The molecule has 0 amide bonds. The van der Waals surface area contributed by atoms with Gasteiger partial charge in [-0.3, -0.25) is 9.97 Å². The molecule has 0 saturated carbocycles. The third-order valence-corrected chi connectivity index (χ3v) is 28.6. The third-order valence-electron chi connectivity index (χ3n) is 28.6. The smallest absolute Gasteiger partial charge is 0.160 e. The van der Waals surface area contributed by atoms with Gasteiger partial charge >= 0.3 is 0 Å². The first-order valence-electron chi connectivity index (χ1n) is 48.8. The van der Waals surface area contributed by atoms with Crippen molar-refractivity contribution >= 4 is 164 Å². The van der Waals surface area contributed by atoms with E-state index in [1.165, 1.54) is 126 Å². The van der Waals surface area contributed by atoms with Crippen LogP contribution in [0.2, 0.25) is 0 Å². The number of para-hydroxylation sites is 9. The Bertz CT molecular complexity index is 10300. The van der Waals surface area contributed by atoms with Gasteiger partial charge in [-0.1, -0.05) is 340 Å². The maximum absolute atomic E-state index is 5.41. The molecular formula is C132H84N12. The second-order valence-corrected chi connectivity index (χ2v) is 36.7. The zero-order chi connectivity index (χ0) is 94.8. The average molecular weight is 1840 g/mol. The van der Waals surface area contributed by atoms with E-state index in [0.29, 0.717) is 5.82 Å². The van der Waals surface area contributed by atoms with Crippen molar-refractivity contribution < 1.29 is 0 Å². The second-order valence-electron chi connectivity index (χ2n) is 36.7. The van der Waals surface area contributed by atoms with Crippen LogP contribution in [0.3, 0.4) is 0 Å². The minimum Gasteiger partial charge on any atom is -0.309 e. The summed E-state index contributed by atoms with van der Waals surface area (Å²) in [5, 5.41) is 16.9. The number of hydrogen-bond donors (Lipinski definition) is 0. The van der Waals surface area contributed by atoms with Crippen molar-refractivity contribution in [1.82, 2.24) is 57.3 Å². The largest absolute Gasteiger partial charge is 0.309 e. The van der Waals surface area contributed by atoms with Crippen molar-refractivity contribution in [2.75, 3.05) is 0 Å². The minimum atomic E-state index is 0.697. The lowest BCUT2D eigenvalue weighted by Crippen LogP contribution is -1.99. The van der Waals surface area contributed by atoms with Gasteiger partial charge in [0.15, 0.2) is 11.6 Å². The third kappa shape index (κ3) is 13.7. The van der Waals surface area contributed by atoms with E-state index in [0.717, 1.165) is 134 Å². The first kappa shape index (κ1) is 82.7. The van der Waals surface area contributed by atoms with Gasteiger partial charge in [-0.15, -0.1) is 0 Å². The molecule has 0 saturated heterocycles. The molecule has 672 valence electrons. The summed E-state index contributed by atoms with van der Waals surface area (Å²) in [5.74, 6) is 1.42. The topological polar surface area (TPSA) is 107 Å². The summed E-state index contributed by atoms with van der Waals surface area (Å²) in [7, 11) is 0. The molecule has 0 aliphatic heterocycles. The second kappa shape index (κ2) is 34.3. The van der Waals surface area contributed by atoms with E-state index in [1.54, 1.807) is 12.4 Å². The standard InChI is InChI=1S/C56H36N4.C44H28N4.C32H20N4/c1-4-15-37(16-5-1)39-27-29-40(30-28-39)56-57-49-33-31-44(36-48(49)54(58-56)42-20-14-19-41(35-42)38-17-6-2-7-18-38)59-51-26-13-11-24-47(51)53-52(59)34-32-46-45-23-10-12-25-50(45)60(55(46)53)43-21-8-3-9-22-43;1-4-14-29(15-5-1)42-36-28-32(24-26-37(36)45-44(46-42)30-16-6-2-7-17-30)47-39-23-13-11-21-35(39)41-40(47)27-25-34-33-20-10-12-22-38(33)48(43(34)41)31-18-8-3-9-19-31;1-2-8-21(9-3-1)35-27-12-6-4-10-23(27)31-29(35)16-17-30-32(31)24-11-5-7-13-28(24)36(30)22-14-15-25-26(20-22)34-19-18-33-25/h1-36H;1-28H;1-20H. The number of nitrogens with zero attached hydrogens (tertiary/aromatic N) is 12. The quantitative estimate of drug-likeness (QED) is 0.121. The molecule has 0 aliphatic carbocycles. The highest BCUT2D eigenvalue weighted by molar-refractivity contribution is 6.31. The van der Waals surface area contributed by atoms with E-state index >= 15 is 0 Å². The lowest BCUT2D eigenvalue weighted by molar-refractivity contribution is 1.17. The predicted molar refractivity (Wildman–Crippen MR) is 597 cm³/mol. The van der Waals surface area contributed by atoms with Gasteiger partial charge < -0.3 is 27.4 Å². The summed E-state index contributed by atoms with van der Waals surface area (Å²) in [4.78, 5) is 29.9. The van der Waals surface area contributed by atoms with Gasteiger partial charge in [0.05, 0.1) is 99.7 Å². The Labute approximate surface area is 826 Å². The molecule has 12 heteroatoms. The molecule has 12 nitrogen and oxygen atoms in total. The summed E-state index contributed by atoms with van der Waals surface area (Å²) < 4.78 is 14.4. The predicted octanol–water partition coefficient (Wildman–Crippen LogP) is 33.5. The van der Waals surface area contributed by atoms with E-state index in [9.17, 15) is 0 Å². The molecule has 9 heterocycles. The maximum atomic E-state index is 5.41. The fourth-order valence-corrected chi connectivity index (χ4v) is 22.3. The van der Waals surface area contributed by atoms with Gasteiger partial charge in [0, 0.05) is 144 Å². The van der Waals surface area contributed by atoms with Crippen LogP contribution >= 0.6 is 0 Å². The van der Waals surface area contributed by atoms with Crippen molar-refractivity contribution in [1.29, 1.82) is 0 Å². The van der Waals surface area contributed by atoms with Crippen LogP contribution in [0.15, 0.2) is 510 Å². The summed E-state index contributed by atoms with van der Waals surface area (Å²) >= 11 is 0. The molecule has 30 aromatic rings. The zero-order valence-electron chi connectivity index (χ0n) is 77.9. The van der Waals surface area contributed by atoms with Gasteiger partial charge in [-0.2, -0.15) is 0 Å². The highest BCUT2D eigenvalue weighted by Crippen LogP contribution is 2.49. The highest BCUT2D eigenvalue weighted by Gasteiger charge is 2.28. The molecule has 0 fully saturated rings. The minimum absolute atomic E-state index is 0.697. The van der Waals surface area contributed by atoms with Gasteiger partial charge in [0.2, 0.25) is 0 Å². The Morgan fingerprint density at radius 3 is 0.875 bits per heavy atom. The molecule has 21 aromatic carbocycles. The van der Waals surface area contributed by atoms with Crippen LogP contribution < -0.4 is 0 Å². The fraction of sp³-hybridized carbons (Fsp3) is 0. The van der Waals surface area contributed by atoms with E-state index < -0.39 is 0 Å². The SMILES string of the molecule is c1ccc(-c2ccc(-c3nc(-c4cccc(-c5ccccc5)c4)c4cc(-n5c6ccccc6c6c5ccc5c7ccccc7n(-c7ccccc7)c56)ccc4n3)cc2)cc1.c1ccc(-c2nc(-c3ccccc3)c3cc(-n4c5ccccc5c5c4ccc4c6ccccc6n(-c6ccccc6)c45)ccc3n2)cc1.c1ccc(-n2c3ccccc3c3c4c5ccccc5n(-c5ccc6nccnc6c5)c4ccc32)cc1. The number of rotatable bonds is 12. The summed E-state index contributed by atoms with van der Waals surface area (Å²) in [6.07, 6.45) is 3.49. The first-order chi connectivity index (χ1) is 71.5. The molecule has 0 bridgehead atoms. The molecule has 0 spiro atoms. The van der Waals surface area contributed by atoms with Crippen molar-refractivity contribution in [3.05, 3.63) is 510 Å². The molecule has 0 radical (unpaired) electrons. The molecule has 9 aromatic heterocycles. The molecule has 144 heavy (non-hydrogen) atoms. The highest BCUT2D eigenvalue weighted by atomic mass is 15.0. The Hall–Kier alpha value is -19.6. The molecule has 30 rings (SSSR count). The molecule has 0 unspecified atom stereocenters. The Morgan fingerprint density at radius 2 is 0.431 bits per heavy atom. The average Bonchev–Trinajstić information content (AvgIpc) is 1.55. The number of benzene rings is 21. The summed E-state index contributed by atoms with van der Waals surface area (Å²) in [5.41, 5.74) is 35.0. The Morgan fingerprint density at radius 1 is 0.139 bits per heavy atom. The summed E-state index contributed by atoms with van der Waals surface area (Å²) in [6.45, 7) is 0. The Kier molecular flexibility index (Phi) is 19.7. The van der Waals surface area contributed by atoms with E-state index in [1.807, 2.05) is 30.3 Å². The number of fused-ring (bicyclic) bond motifs is 24. The van der Waals surface area contributed by atoms with Crippen LogP contribution in [-0.4, -0.2) is 57.3 Å². The van der Waals surface area contributed by atoms with Crippen LogP contribution in [0.5, 0.6) is 0 Å². The first-order valence-corrected chi connectivity index (χ1v) is 48.8. The number of aromatic nitrogens is 12. The van der Waals surface area contributed by atoms with Crippen LogP contribution in [0, 0.1) is 0 Å². The van der Waals surface area contributed by atoms with Crippen LogP contribution in [-0.2, 0) is 0 Å². The summed E-state index contributed by atoms with van der Waals surface area (Å²) in [6, 6.07) is 177. The maximum Gasteiger partial charge on any atom is 0.160 e. The van der Waals surface area contributed by atoms with Crippen LogP contribution in [0.1, 0.15) is 0 Å². The van der Waals surface area contributed by atoms with Gasteiger partial charge in [0.25, 0.3) is 0 Å². The molecular weight excluding hydrogens is 1750 g/mol. The van der Waals surface area contributed by atoms with Gasteiger partial charge in [-0.05, 0) is 180 Å². The van der Waals surface area contributed by atoms with E-state index in [-0.39, 0.29) is 0 Å². The number of hydrogen-bond acceptors (Lipinski definition) is 6. The van der Waals surface area contributed by atoms with E-state index in [4.69, 9.17) is 19.9 Å². The van der Waals surface area contributed by atoms with Gasteiger partial charge in [-0.25, -0.2) is 19.9 Å². The van der Waals surface area contributed by atoms with Crippen molar-refractivity contribution in [2.45, 2.75) is 0 Å². The lowest BCUT2D eigenvalue weighted by atomic mass is 9.99. The molecule has 0 atom stereocenters. The van der Waals surface area contributed by atoms with E-state index in [2.05, 4.69) is 504 Å². The fourth-order valence-electron chi connectivity index (χ4n) is 22.3. The van der Waals surface area contributed by atoms with Crippen molar-refractivity contribution in [3.63, 3.8) is 0 Å². The van der Waals surface area contributed by atoms with Crippen LogP contribution in [0.4, 0.5) is 0 Å². The van der Waals surface area contributed by atoms with Crippen molar-refractivity contribution in [3.8, 4) is 102 Å². The van der Waals surface area contributed by atoms with Crippen molar-refractivity contribution in [2.24, 2.45) is 0 Å².